The Morgan fingerprint density at radius 2 is 1.86 bits per heavy atom. The summed E-state index contributed by atoms with van der Waals surface area (Å²) in [6.45, 7) is 5.75. The Morgan fingerprint density at radius 1 is 1.14 bits per heavy atom. The number of amides is 1. The molecule has 28 heavy (non-hydrogen) atoms. The van der Waals surface area contributed by atoms with Gasteiger partial charge in [-0.2, -0.15) is 0 Å². The molecule has 0 saturated heterocycles. The van der Waals surface area contributed by atoms with Crippen LogP contribution in [-0.4, -0.2) is 18.5 Å². The number of carbonyl (C=O) groups excluding carboxylic acids is 2. The van der Waals surface area contributed by atoms with Gasteiger partial charge in [-0.05, 0) is 50.1 Å². The van der Waals surface area contributed by atoms with Gasteiger partial charge in [-0.1, -0.05) is 19.1 Å². The second-order valence-corrected chi connectivity index (χ2v) is 7.47. The minimum Gasteiger partial charge on any atom is -0.462 e. The molecule has 146 valence electrons. The van der Waals surface area contributed by atoms with Crippen molar-refractivity contribution in [2.75, 3.05) is 11.9 Å². The molecule has 3 rings (SSSR count). The van der Waals surface area contributed by atoms with E-state index in [0.717, 1.165) is 4.88 Å². The van der Waals surface area contributed by atoms with Crippen LogP contribution in [0.15, 0.2) is 40.8 Å². The standard InChI is InChI=1S/C21H20FNO4S/c1-4-11-26-21(25)18-17(14-6-8-15(22)9-7-14)13(3)28-20(18)23-19(24)16-10-5-12(2)27-16/h5-10H,4,11H2,1-3H3,(H,23,24). The van der Waals surface area contributed by atoms with Crippen molar-refractivity contribution in [3.63, 3.8) is 0 Å². The van der Waals surface area contributed by atoms with Crippen LogP contribution in [0.1, 0.15) is 44.9 Å². The zero-order valence-electron chi connectivity index (χ0n) is 15.8. The van der Waals surface area contributed by atoms with Crippen molar-refractivity contribution in [3.8, 4) is 11.1 Å². The summed E-state index contributed by atoms with van der Waals surface area (Å²) >= 11 is 1.26. The number of halogens is 1. The number of aryl methyl sites for hydroxylation is 2. The van der Waals surface area contributed by atoms with Crippen LogP contribution in [0.2, 0.25) is 0 Å². The van der Waals surface area contributed by atoms with Crippen molar-refractivity contribution in [3.05, 3.63) is 64.2 Å². The summed E-state index contributed by atoms with van der Waals surface area (Å²) in [4.78, 5) is 26.1. The molecule has 1 N–H and O–H groups in total. The molecule has 0 spiro atoms. The Bertz CT molecular complexity index is 1000. The van der Waals surface area contributed by atoms with Gasteiger partial charge in [-0.15, -0.1) is 11.3 Å². The van der Waals surface area contributed by atoms with Gasteiger partial charge in [-0.25, -0.2) is 9.18 Å². The van der Waals surface area contributed by atoms with Crippen molar-refractivity contribution < 1.29 is 23.1 Å². The minimum atomic E-state index is -0.531. The number of rotatable bonds is 6. The zero-order valence-corrected chi connectivity index (χ0v) is 16.6. The van der Waals surface area contributed by atoms with Gasteiger partial charge in [0.15, 0.2) is 5.76 Å². The zero-order chi connectivity index (χ0) is 20.3. The molecule has 1 aromatic carbocycles. The Morgan fingerprint density at radius 3 is 2.46 bits per heavy atom. The Labute approximate surface area is 166 Å². The van der Waals surface area contributed by atoms with Gasteiger partial charge in [-0.3, -0.25) is 4.79 Å². The van der Waals surface area contributed by atoms with E-state index < -0.39 is 11.9 Å². The molecule has 2 aromatic heterocycles. The lowest BCUT2D eigenvalue weighted by atomic mass is 10.0. The summed E-state index contributed by atoms with van der Waals surface area (Å²) in [6, 6.07) is 9.12. The summed E-state index contributed by atoms with van der Waals surface area (Å²) in [5.74, 6) is -0.587. The number of esters is 1. The number of hydrogen-bond acceptors (Lipinski definition) is 5. The Balaban J connectivity index is 2.03. The highest BCUT2D eigenvalue weighted by Crippen LogP contribution is 2.40. The summed E-state index contributed by atoms with van der Waals surface area (Å²) in [5, 5.41) is 3.12. The number of nitrogens with one attached hydrogen (secondary N) is 1. The molecule has 0 atom stereocenters. The van der Waals surface area contributed by atoms with Crippen molar-refractivity contribution in [2.24, 2.45) is 0 Å². The summed E-state index contributed by atoms with van der Waals surface area (Å²) in [7, 11) is 0. The van der Waals surface area contributed by atoms with Gasteiger partial charge in [0.25, 0.3) is 5.91 Å². The number of thiophene rings is 1. The third-order valence-corrected chi connectivity index (χ3v) is 5.07. The first-order valence-electron chi connectivity index (χ1n) is 8.85. The fraction of sp³-hybridized carbons (Fsp3) is 0.238. The molecule has 7 heteroatoms. The quantitative estimate of drug-likeness (QED) is 0.547. The van der Waals surface area contributed by atoms with Crippen LogP contribution in [0.4, 0.5) is 9.39 Å². The average Bonchev–Trinajstić information content (AvgIpc) is 3.24. The second kappa shape index (κ2) is 8.39. The molecular weight excluding hydrogens is 381 g/mol. The van der Waals surface area contributed by atoms with Crippen LogP contribution in [0.3, 0.4) is 0 Å². The van der Waals surface area contributed by atoms with E-state index in [9.17, 15) is 14.0 Å². The fourth-order valence-electron chi connectivity index (χ4n) is 2.78. The molecule has 3 aromatic rings. The van der Waals surface area contributed by atoms with Crippen molar-refractivity contribution in [1.82, 2.24) is 0 Å². The lowest BCUT2D eigenvalue weighted by molar-refractivity contribution is 0.0507. The maximum Gasteiger partial charge on any atom is 0.341 e. The molecule has 0 aliphatic heterocycles. The van der Waals surface area contributed by atoms with Crippen LogP contribution in [0.25, 0.3) is 11.1 Å². The van der Waals surface area contributed by atoms with Crippen LogP contribution in [0, 0.1) is 19.7 Å². The third kappa shape index (κ3) is 4.14. The largest absolute Gasteiger partial charge is 0.462 e. The predicted octanol–water partition coefficient (Wildman–Crippen LogP) is 5.58. The first-order valence-corrected chi connectivity index (χ1v) is 9.66. The van der Waals surface area contributed by atoms with Gasteiger partial charge >= 0.3 is 5.97 Å². The first kappa shape index (κ1) is 19.8. The van der Waals surface area contributed by atoms with Gasteiger partial charge in [0.05, 0.1) is 6.61 Å². The van der Waals surface area contributed by atoms with Gasteiger partial charge < -0.3 is 14.5 Å². The SMILES string of the molecule is CCCOC(=O)c1c(NC(=O)c2ccc(C)o2)sc(C)c1-c1ccc(F)cc1. The highest BCUT2D eigenvalue weighted by Gasteiger charge is 2.26. The van der Waals surface area contributed by atoms with E-state index in [1.54, 1.807) is 31.2 Å². The Kier molecular flexibility index (Phi) is 5.94. The number of benzene rings is 1. The van der Waals surface area contributed by atoms with Crippen molar-refractivity contribution in [1.29, 1.82) is 0 Å². The minimum absolute atomic E-state index is 0.153. The fourth-order valence-corrected chi connectivity index (χ4v) is 3.84. The lowest BCUT2D eigenvalue weighted by Crippen LogP contribution is -2.14. The van der Waals surface area contributed by atoms with Crippen molar-refractivity contribution in [2.45, 2.75) is 27.2 Å². The lowest BCUT2D eigenvalue weighted by Gasteiger charge is -2.09. The molecule has 0 saturated carbocycles. The molecule has 0 aliphatic rings. The average molecular weight is 401 g/mol. The predicted molar refractivity (Wildman–Crippen MR) is 106 cm³/mol. The Hall–Kier alpha value is -2.93. The molecule has 0 unspecified atom stereocenters. The van der Waals surface area contributed by atoms with Gasteiger partial charge in [0.1, 0.15) is 22.1 Å². The summed E-state index contributed by atoms with van der Waals surface area (Å²) in [5.41, 5.74) is 1.56. The molecule has 1 amide bonds. The molecule has 0 fully saturated rings. The maximum atomic E-state index is 13.3. The molecular formula is C21H20FNO4S. The number of hydrogen-bond donors (Lipinski definition) is 1. The number of anilines is 1. The smallest absolute Gasteiger partial charge is 0.341 e. The number of carbonyl (C=O) groups is 2. The number of ether oxygens (including phenoxy) is 1. The highest BCUT2D eigenvalue weighted by atomic mass is 32.1. The third-order valence-electron chi connectivity index (χ3n) is 4.05. The van der Waals surface area contributed by atoms with E-state index >= 15 is 0 Å². The molecule has 5 nitrogen and oxygen atoms in total. The van der Waals surface area contributed by atoms with E-state index in [-0.39, 0.29) is 23.7 Å². The van der Waals surface area contributed by atoms with Crippen molar-refractivity contribution >= 4 is 28.2 Å². The second-order valence-electron chi connectivity index (χ2n) is 6.24. The topological polar surface area (TPSA) is 68.5 Å². The van der Waals surface area contributed by atoms with Crippen LogP contribution < -0.4 is 5.32 Å². The maximum absolute atomic E-state index is 13.3. The summed E-state index contributed by atoms with van der Waals surface area (Å²) in [6.07, 6.45) is 0.675. The van der Waals surface area contributed by atoms with E-state index in [4.69, 9.17) is 9.15 Å². The normalized spacial score (nSPS) is 10.7. The molecule has 0 bridgehead atoms. The monoisotopic (exact) mass is 401 g/mol. The van der Waals surface area contributed by atoms with Crippen LogP contribution in [0.5, 0.6) is 0 Å². The van der Waals surface area contributed by atoms with Crippen LogP contribution in [-0.2, 0) is 4.74 Å². The number of furan rings is 1. The summed E-state index contributed by atoms with van der Waals surface area (Å²) < 4.78 is 24.0. The molecule has 0 radical (unpaired) electrons. The van der Waals surface area contributed by atoms with E-state index in [1.165, 1.54) is 23.5 Å². The van der Waals surface area contributed by atoms with E-state index in [2.05, 4.69) is 5.32 Å². The van der Waals surface area contributed by atoms with E-state index in [0.29, 0.717) is 28.3 Å². The molecule has 0 aliphatic carbocycles. The van der Waals surface area contributed by atoms with Gasteiger partial charge in [0, 0.05) is 10.4 Å². The highest BCUT2D eigenvalue weighted by molar-refractivity contribution is 7.17. The van der Waals surface area contributed by atoms with Crippen LogP contribution >= 0.6 is 11.3 Å². The molecule has 2 heterocycles. The van der Waals surface area contributed by atoms with Gasteiger partial charge in [0.2, 0.25) is 0 Å². The first-order chi connectivity index (χ1) is 13.4. The van der Waals surface area contributed by atoms with E-state index in [1.807, 2.05) is 13.8 Å².